The van der Waals surface area contributed by atoms with Crippen molar-refractivity contribution in [2.24, 2.45) is 12.0 Å². The molecular formula is C19H29IN6O2S. The van der Waals surface area contributed by atoms with E-state index in [1.54, 1.807) is 13.8 Å². The van der Waals surface area contributed by atoms with Gasteiger partial charge in [0.2, 0.25) is 0 Å². The number of sulfone groups is 1. The Labute approximate surface area is 189 Å². The summed E-state index contributed by atoms with van der Waals surface area (Å²) in [6, 6.07) is 9.99. The van der Waals surface area contributed by atoms with Gasteiger partial charge in [0.05, 0.1) is 23.6 Å². The van der Waals surface area contributed by atoms with E-state index < -0.39 is 14.6 Å². The number of hydrogen-bond donors (Lipinski definition) is 1. The molecule has 0 atom stereocenters. The monoisotopic (exact) mass is 532 g/mol. The third-order valence-electron chi connectivity index (χ3n) is 5.18. The van der Waals surface area contributed by atoms with Crippen LogP contribution in [0.1, 0.15) is 31.1 Å². The van der Waals surface area contributed by atoms with Crippen molar-refractivity contribution in [2.75, 3.05) is 18.8 Å². The minimum absolute atomic E-state index is 0. The molecule has 2 heterocycles. The number of aryl methyl sites for hydroxylation is 1. The lowest BCUT2D eigenvalue weighted by atomic mass is 10.2. The Morgan fingerprint density at radius 2 is 1.93 bits per heavy atom. The number of guanidine groups is 1. The third kappa shape index (κ3) is 5.47. The van der Waals surface area contributed by atoms with Crippen molar-refractivity contribution in [2.45, 2.75) is 38.6 Å². The summed E-state index contributed by atoms with van der Waals surface area (Å²) in [6.07, 6.45) is 0. The van der Waals surface area contributed by atoms with E-state index in [9.17, 15) is 8.42 Å². The van der Waals surface area contributed by atoms with Gasteiger partial charge in [0.25, 0.3) is 0 Å². The Morgan fingerprint density at radius 1 is 1.24 bits per heavy atom. The van der Waals surface area contributed by atoms with Gasteiger partial charge in [-0.15, -0.1) is 34.2 Å². The maximum Gasteiger partial charge on any atom is 0.194 e. The molecule has 1 aliphatic heterocycles. The summed E-state index contributed by atoms with van der Waals surface area (Å²) in [7, 11) is -1.20. The van der Waals surface area contributed by atoms with E-state index in [1.807, 2.05) is 53.8 Å². The quantitative estimate of drug-likeness (QED) is 0.368. The first-order chi connectivity index (χ1) is 13.2. The number of nitrogens with zero attached hydrogens (tertiary/aromatic N) is 5. The predicted octanol–water partition coefficient (Wildman–Crippen LogP) is 1.90. The fourth-order valence-electron chi connectivity index (χ4n) is 3.10. The highest BCUT2D eigenvalue weighted by atomic mass is 127. The number of benzene rings is 1. The molecule has 10 heteroatoms. The van der Waals surface area contributed by atoms with Gasteiger partial charge >= 0.3 is 0 Å². The SMILES string of the molecule is Cc1nnc(CNC(=NCc2ccccc2)N2CCS(=O)(=O)C(C)(C)C2)n1C.I. The van der Waals surface area contributed by atoms with Gasteiger partial charge in [-0.3, -0.25) is 0 Å². The summed E-state index contributed by atoms with van der Waals surface area (Å²) < 4.78 is 25.8. The molecule has 0 radical (unpaired) electrons. The Bertz CT molecular complexity index is 956. The maximum atomic E-state index is 12.4. The van der Waals surface area contributed by atoms with Crippen molar-refractivity contribution < 1.29 is 8.42 Å². The van der Waals surface area contributed by atoms with Crippen molar-refractivity contribution in [3.63, 3.8) is 0 Å². The Morgan fingerprint density at radius 3 is 2.52 bits per heavy atom. The van der Waals surface area contributed by atoms with Crippen molar-refractivity contribution in [3.05, 3.63) is 47.5 Å². The summed E-state index contributed by atoms with van der Waals surface area (Å²) in [5.41, 5.74) is 1.10. The predicted molar refractivity (Wildman–Crippen MR) is 125 cm³/mol. The highest BCUT2D eigenvalue weighted by Gasteiger charge is 2.41. The van der Waals surface area contributed by atoms with E-state index in [4.69, 9.17) is 4.99 Å². The van der Waals surface area contributed by atoms with Crippen LogP contribution in [0, 0.1) is 6.92 Å². The van der Waals surface area contributed by atoms with Crippen LogP contribution in [0.15, 0.2) is 35.3 Å². The second-order valence-corrected chi connectivity index (χ2v) is 10.4. The minimum Gasteiger partial charge on any atom is -0.349 e. The van der Waals surface area contributed by atoms with Gasteiger partial charge in [-0.05, 0) is 26.3 Å². The van der Waals surface area contributed by atoms with Gasteiger partial charge in [-0.1, -0.05) is 30.3 Å². The molecule has 0 saturated carbocycles. The summed E-state index contributed by atoms with van der Waals surface area (Å²) in [6.45, 7) is 7.25. The van der Waals surface area contributed by atoms with Crippen LogP contribution in [0.3, 0.4) is 0 Å². The topological polar surface area (TPSA) is 92.5 Å². The Balaban J connectivity index is 0.00000300. The van der Waals surface area contributed by atoms with E-state index in [-0.39, 0.29) is 29.7 Å². The van der Waals surface area contributed by atoms with Crippen molar-refractivity contribution in [1.29, 1.82) is 0 Å². The van der Waals surface area contributed by atoms with E-state index in [1.165, 1.54) is 0 Å². The number of aromatic nitrogens is 3. The maximum absolute atomic E-state index is 12.4. The summed E-state index contributed by atoms with van der Waals surface area (Å²) in [4.78, 5) is 6.78. The average molecular weight is 532 g/mol. The van der Waals surface area contributed by atoms with Crippen LogP contribution in [-0.4, -0.2) is 57.6 Å². The van der Waals surface area contributed by atoms with Gasteiger partial charge in [0.15, 0.2) is 21.6 Å². The van der Waals surface area contributed by atoms with Crippen molar-refractivity contribution in [1.82, 2.24) is 25.0 Å². The largest absolute Gasteiger partial charge is 0.349 e. The molecule has 8 nitrogen and oxygen atoms in total. The lowest BCUT2D eigenvalue weighted by Crippen LogP contribution is -2.57. The molecule has 160 valence electrons. The van der Waals surface area contributed by atoms with Gasteiger partial charge in [0.1, 0.15) is 5.82 Å². The molecule has 1 aromatic heterocycles. The zero-order valence-electron chi connectivity index (χ0n) is 17.3. The highest BCUT2D eigenvalue weighted by Crippen LogP contribution is 2.24. The van der Waals surface area contributed by atoms with E-state index >= 15 is 0 Å². The Hall–Kier alpha value is -1.69. The zero-order chi connectivity index (χ0) is 20.4. The summed E-state index contributed by atoms with van der Waals surface area (Å²) in [5.74, 6) is 2.45. The van der Waals surface area contributed by atoms with Gasteiger partial charge in [0, 0.05) is 20.1 Å². The average Bonchev–Trinajstić information content (AvgIpc) is 2.97. The first kappa shape index (κ1) is 23.6. The fraction of sp³-hybridized carbons (Fsp3) is 0.526. The first-order valence-corrected chi connectivity index (χ1v) is 11.0. The smallest absolute Gasteiger partial charge is 0.194 e. The third-order valence-corrected chi connectivity index (χ3v) is 7.72. The zero-order valence-corrected chi connectivity index (χ0v) is 20.4. The molecule has 1 aromatic carbocycles. The molecule has 29 heavy (non-hydrogen) atoms. The van der Waals surface area contributed by atoms with Crippen LogP contribution in [-0.2, 0) is 30.0 Å². The lowest BCUT2D eigenvalue weighted by molar-refractivity contribution is 0.352. The van der Waals surface area contributed by atoms with Crippen LogP contribution in [0.25, 0.3) is 0 Å². The first-order valence-electron chi connectivity index (χ1n) is 9.34. The molecule has 1 N–H and O–H groups in total. The van der Waals surface area contributed by atoms with Crippen LogP contribution < -0.4 is 5.32 Å². The molecule has 2 aromatic rings. The summed E-state index contributed by atoms with van der Waals surface area (Å²) >= 11 is 0. The van der Waals surface area contributed by atoms with Crippen molar-refractivity contribution >= 4 is 39.8 Å². The minimum atomic E-state index is -3.12. The number of hydrogen-bond acceptors (Lipinski definition) is 5. The van der Waals surface area contributed by atoms with Crippen molar-refractivity contribution in [3.8, 4) is 0 Å². The van der Waals surface area contributed by atoms with E-state index in [0.717, 1.165) is 17.2 Å². The van der Waals surface area contributed by atoms with Crippen LogP contribution in [0.5, 0.6) is 0 Å². The van der Waals surface area contributed by atoms with Crippen LogP contribution >= 0.6 is 24.0 Å². The lowest BCUT2D eigenvalue weighted by Gasteiger charge is -2.39. The van der Waals surface area contributed by atoms with Crippen LogP contribution in [0.2, 0.25) is 0 Å². The standard InChI is InChI=1S/C19H28N6O2S.HI/c1-15-22-23-17(24(15)4)13-21-18(20-12-16-8-6-5-7-9-16)25-10-11-28(26,27)19(2,3)14-25;/h5-9H,10-14H2,1-4H3,(H,20,21);1H. The van der Waals surface area contributed by atoms with Gasteiger partial charge in [-0.2, -0.15) is 0 Å². The summed E-state index contributed by atoms with van der Waals surface area (Å²) in [5, 5.41) is 11.6. The molecule has 1 fully saturated rings. The number of halogens is 1. The normalized spacial score (nSPS) is 18.2. The Kier molecular flexibility index (Phi) is 7.66. The molecule has 0 bridgehead atoms. The highest BCUT2D eigenvalue weighted by molar-refractivity contribution is 14.0. The molecule has 3 rings (SSSR count). The molecule has 0 unspecified atom stereocenters. The second-order valence-electron chi connectivity index (χ2n) is 7.70. The number of nitrogens with one attached hydrogen (secondary N) is 1. The van der Waals surface area contributed by atoms with Crippen LogP contribution in [0.4, 0.5) is 0 Å². The molecule has 0 aliphatic carbocycles. The molecule has 0 amide bonds. The number of aliphatic imine (C=N–C) groups is 1. The number of rotatable bonds is 4. The second kappa shape index (κ2) is 9.41. The molecule has 1 saturated heterocycles. The molecule has 0 spiro atoms. The van der Waals surface area contributed by atoms with E-state index in [2.05, 4.69) is 15.5 Å². The van der Waals surface area contributed by atoms with E-state index in [0.29, 0.717) is 32.1 Å². The molecular weight excluding hydrogens is 503 g/mol. The van der Waals surface area contributed by atoms with Gasteiger partial charge < -0.3 is 14.8 Å². The fourth-order valence-corrected chi connectivity index (χ4v) is 4.47. The van der Waals surface area contributed by atoms with Gasteiger partial charge in [-0.25, -0.2) is 13.4 Å². The molecule has 1 aliphatic rings.